The second kappa shape index (κ2) is 6.96. The predicted octanol–water partition coefficient (Wildman–Crippen LogP) is 4.29. The number of nitrogens with two attached hydrogens (primary N) is 1. The third-order valence-corrected chi connectivity index (χ3v) is 4.85. The molecule has 0 radical (unpaired) electrons. The molecule has 0 spiro atoms. The van der Waals surface area contributed by atoms with E-state index in [9.17, 15) is 0 Å². The molecule has 27 heavy (non-hydrogen) atoms. The van der Waals surface area contributed by atoms with Crippen molar-refractivity contribution in [2.24, 2.45) is 0 Å². The van der Waals surface area contributed by atoms with Crippen LogP contribution in [0.1, 0.15) is 23.9 Å². The van der Waals surface area contributed by atoms with Gasteiger partial charge in [-0.05, 0) is 44.0 Å². The molecule has 2 heterocycles. The molecule has 0 bridgehead atoms. The minimum Gasteiger partial charge on any atom is -0.397 e. The van der Waals surface area contributed by atoms with Crippen molar-refractivity contribution in [1.29, 1.82) is 0 Å². The molecule has 1 aromatic heterocycles. The number of hydrogen-bond acceptors (Lipinski definition) is 6. The standard InChI is InChI=1S/C21H24N4O2/c1-4-26-21-23-20-17(22)10-16(19-13(2)24-27-14(19)3)11-18(20)25(21)12-15-8-6-5-7-9-15/h5-11,21,23H,4,12,22H2,1-3H3. The van der Waals surface area contributed by atoms with Crippen molar-refractivity contribution in [2.75, 3.05) is 22.6 Å². The van der Waals surface area contributed by atoms with Crippen LogP contribution in [0.5, 0.6) is 0 Å². The Bertz CT molecular complexity index is 933. The molecule has 1 atom stereocenters. The first-order chi connectivity index (χ1) is 13.1. The van der Waals surface area contributed by atoms with E-state index in [2.05, 4.69) is 33.6 Å². The molecule has 0 amide bonds. The second-order valence-corrected chi connectivity index (χ2v) is 6.72. The number of nitrogen functional groups attached to an aromatic ring is 1. The van der Waals surface area contributed by atoms with Gasteiger partial charge in [0.05, 0.1) is 22.8 Å². The Morgan fingerprint density at radius 3 is 2.67 bits per heavy atom. The fourth-order valence-electron chi connectivity index (χ4n) is 3.64. The van der Waals surface area contributed by atoms with Crippen LogP contribution in [0.3, 0.4) is 0 Å². The highest BCUT2D eigenvalue weighted by Gasteiger charge is 2.32. The summed E-state index contributed by atoms with van der Waals surface area (Å²) < 4.78 is 11.3. The first-order valence-electron chi connectivity index (χ1n) is 9.14. The summed E-state index contributed by atoms with van der Waals surface area (Å²) in [7, 11) is 0. The highest BCUT2D eigenvalue weighted by atomic mass is 16.5. The van der Waals surface area contributed by atoms with E-state index in [1.54, 1.807) is 0 Å². The maximum atomic E-state index is 6.40. The maximum absolute atomic E-state index is 6.40. The molecule has 1 aliphatic rings. The first-order valence-corrected chi connectivity index (χ1v) is 9.14. The molecule has 140 valence electrons. The zero-order valence-corrected chi connectivity index (χ0v) is 15.8. The topological polar surface area (TPSA) is 76.5 Å². The summed E-state index contributed by atoms with van der Waals surface area (Å²) in [5.74, 6) is 0.786. The Kier molecular flexibility index (Phi) is 4.49. The van der Waals surface area contributed by atoms with E-state index in [0.717, 1.165) is 40.5 Å². The summed E-state index contributed by atoms with van der Waals surface area (Å²) in [5.41, 5.74) is 13.1. The van der Waals surface area contributed by atoms with E-state index in [1.165, 1.54) is 5.56 Å². The van der Waals surface area contributed by atoms with Crippen molar-refractivity contribution in [3.05, 3.63) is 59.5 Å². The average Bonchev–Trinajstić information content (AvgIpc) is 3.17. The number of benzene rings is 2. The van der Waals surface area contributed by atoms with Gasteiger partial charge in [0.2, 0.25) is 6.35 Å². The van der Waals surface area contributed by atoms with Crippen LogP contribution < -0.4 is 16.0 Å². The Balaban J connectivity index is 1.79. The van der Waals surface area contributed by atoms with Crippen LogP contribution >= 0.6 is 0 Å². The monoisotopic (exact) mass is 364 g/mol. The van der Waals surface area contributed by atoms with Gasteiger partial charge in [0.15, 0.2) is 0 Å². The lowest BCUT2D eigenvalue weighted by atomic mass is 10.0. The third-order valence-electron chi connectivity index (χ3n) is 4.85. The van der Waals surface area contributed by atoms with Crippen molar-refractivity contribution >= 4 is 17.1 Å². The summed E-state index contributed by atoms with van der Waals surface area (Å²) in [4.78, 5) is 2.20. The highest BCUT2D eigenvalue weighted by molar-refractivity contribution is 5.91. The minimum absolute atomic E-state index is 0.257. The molecule has 4 rings (SSSR count). The largest absolute Gasteiger partial charge is 0.397 e. The Morgan fingerprint density at radius 1 is 1.22 bits per heavy atom. The molecule has 0 aliphatic carbocycles. The third kappa shape index (κ3) is 3.13. The molecular formula is C21H24N4O2. The van der Waals surface area contributed by atoms with Crippen LogP contribution in [0.2, 0.25) is 0 Å². The summed E-state index contributed by atoms with van der Waals surface area (Å²) in [6, 6.07) is 14.4. The van der Waals surface area contributed by atoms with E-state index >= 15 is 0 Å². The molecule has 2 aromatic carbocycles. The van der Waals surface area contributed by atoms with E-state index < -0.39 is 0 Å². The van der Waals surface area contributed by atoms with Crippen molar-refractivity contribution in [3.8, 4) is 11.1 Å². The zero-order chi connectivity index (χ0) is 19.0. The molecule has 0 saturated heterocycles. The van der Waals surface area contributed by atoms with Crippen molar-refractivity contribution in [2.45, 2.75) is 33.7 Å². The van der Waals surface area contributed by atoms with Gasteiger partial charge in [-0.15, -0.1) is 0 Å². The fraction of sp³-hybridized carbons (Fsp3) is 0.286. The normalized spacial score (nSPS) is 15.7. The Labute approximate surface area is 158 Å². The van der Waals surface area contributed by atoms with E-state index in [-0.39, 0.29) is 6.35 Å². The van der Waals surface area contributed by atoms with Gasteiger partial charge in [0.1, 0.15) is 5.76 Å². The van der Waals surface area contributed by atoms with Crippen molar-refractivity contribution in [1.82, 2.24) is 5.16 Å². The number of ether oxygens (including phenoxy) is 1. The van der Waals surface area contributed by atoms with Gasteiger partial charge in [0.25, 0.3) is 0 Å². The summed E-state index contributed by atoms with van der Waals surface area (Å²) in [6.07, 6.45) is -0.257. The molecule has 3 aromatic rings. The number of nitrogens with zero attached hydrogens (tertiary/aromatic N) is 2. The molecule has 0 saturated carbocycles. The van der Waals surface area contributed by atoms with Crippen LogP contribution in [0.15, 0.2) is 47.0 Å². The van der Waals surface area contributed by atoms with Gasteiger partial charge >= 0.3 is 0 Å². The maximum Gasteiger partial charge on any atom is 0.208 e. The smallest absolute Gasteiger partial charge is 0.208 e. The van der Waals surface area contributed by atoms with E-state index in [4.69, 9.17) is 15.0 Å². The SMILES string of the molecule is CCOC1Nc2c(N)cc(-c3c(C)noc3C)cc2N1Cc1ccccc1. The number of aromatic nitrogens is 1. The number of fused-ring (bicyclic) bond motifs is 1. The molecule has 0 fully saturated rings. The summed E-state index contributed by atoms with van der Waals surface area (Å²) in [5, 5.41) is 7.49. The van der Waals surface area contributed by atoms with Crippen LogP contribution in [0, 0.1) is 13.8 Å². The molecule has 6 heteroatoms. The number of anilines is 3. The summed E-state index contributed by atoms with van der Waals surface area (Å²) >= 11 is 0. The number of hydrogen-bond donors (Lipinski definition) is 2. The number of aryl methyl sites for hydroxylation is 2. The van der Waals surface area contributed by atoms with Gasteiger partial charge in [-0.3, -0.25) is 0 Å². The molecule has 6 nitrogen and oxygen atoms in total. The van der Waals surface area contributed by atoms with Gasteiger partial charge in [0, 0.05) is 18.7 Å². The van der Waals surface area contributed by atoms with Crippen molar-refractivity contribution < 1.29 is 9.26 Å². The zero-order valence-electron chi connectivity index (χ0n) is 15.8. The quantitative estimate of drug-likeness (QED) is 0.658. The van der Waals surface area contributed by atoms with Crippen LogP contribution in [-0.2, 0) is 11.3 Å². The fourth-order valence-corrected chi connectivity index (χ4v) is 3.64. The lowest BCUT2D eigenvalue weighted by Gasteiger charge is -2.26. The lowest BCUT2D eigenvalue weighted by Crippen LogP contribution is -2.37. The van der Waals surface area contributed by atoms with Crippen LogP contribution in [0.4, 0.5) is 17.1 Å². The molecule has 1 unspecified atom stereocenters. The van der Waals surface area contributed by atoms with Crippen molar-refractivity contribution in [3.63, 3.8) is 0 Å². The van der Waals surface area contributed by atoms with Crippen LogP contribution in [-0.4, -0.2) is 18.1 Å². The number of rotatable bonds is 5. The first kappa shape index (κ1) is 17.4. The van der Waals surface area contributed by atoms with E-state index in [0.29, 0.717) is 12.3 Å². The summed E-state index contributed by atoms with van der Waals surface area (Å²) in [6.45, 7) is 7.17. The predicted molar refractivity (Wildman–Crippen MR) is 107 cm³/mol. The van der Waals surface area contributed by atoms with E-state index in [1.807, 2.05) is 45.0 Å². The van der Waals surface area contributed by atoms with Gasteiger partial charge < -0.3 is 25.2 Å². The second-order valence-electron chi connectivity index (χ2n) is 6.72. The number of nitrogens with one attached hydrogen (secondary N) is 1. The Hall–Kier alpha value is -2.99. The van der Waals surface area contributed by atoms with Gasteiger partial charge in [-0.2, -0.15) is 0 Å². The average molecular weight is 364 g/mol. The molecule has 1 aliphatic heterocycles. The molecular weight excluding hydrogens is 340 g/mol. The van der Waals surface area contributed by atoms with Crippen LogP contribution in [0.25, 0.3) is 11.1 Å². The Morgan fingerprint density at radius 2 is 2.00 bits per heavy atom. The highest BCUT2D eigenvalue weighted by Crippen LogP contribution is 2.44. The minimum atomic E-state index is -0.257. The molecule has 3 N–H and O–H groups in total. The van der Waals surface area contributed by atoms with Gasteiger partial charge in [-0.25, -0.2) is 0 Å². The van der Waals surface area contributed by atoms with Gasteiger partial charge in [-0.1, -0.05) is 35.5 Å². The lowest BCUT2D eigenvalue weighted by molar-refractivity contribution is 0.0831.